The van der Waals surface area contributed by atoms with Crippen molar-refractivity contribution in [2.24, 2.45) is 5.92 Å². The Labute approximate surface area is 123 Å². The number of nitrogens with one attached hydrogen (secondary N) is 1. The average molecular weight is 297 g/mol. The van der Waals surface area contributed by atoms with E-state index >= 15 is 0 Å². The number of hydrogen-bond donors (Lipinski definition) is 2. The molecule has 0 saturated heterocycles. The predicted octanol–water partition coefficient (Wildman–Crippen LogP) is 2.21. The lowest BCUT2D eigenvalue weighted by Crippen LogP contribution is -2.46. The molecule has 2 N–H and O–H groups in total. The molecule has 0 aromatic heterocycles. The Morgan fingerprint density at radius 3 is 2.52 bits per heavy atom. The lowest BCUT2D eigenvalue weighted by molar-refractivity contribution is -0.143. The summed E-state index contributed by atoms with van der Waals surface area (Å²) in [6.45, 7) is 5.22. The fourth-order valence-corrected chi connectivity index (χ4v) is 1.78. The Balaban J connectivity index is 2.62. The minimum atomic E-state index is -1.09. The van der Waals surface area contributed by atoms with E-state index in [0.717, 1.165) is 6.07 Å². The third-order valence-electron chi connectivity index (χ3n) is 2.80. The van der Waals surface area contributed by atoms with Crippen molar-refractivity contribution in [3.8, 4) is 5.75 Å². The van der Waals surface area contributed by atoms with Crippen LogP contribution in [0.3, 0.4) is 0 Å². The number of aliphatic carboxylic acids is 1. The maximum atomic E-state index is 13.0. The van der Waals surface area contributed by atoms with Gasteiger partial charge in [-0.1, -0.05) is 19.9 Å². The molecule has 0 aliphatic rings. The quantitative estimate of drug-likeness (QED) is 0.809. The maximum Gasteiger partial charge on any atom is 0.326 e. The van der Waals surface area contributed by atoms with Crippen LogP contribution in [-0.4, -0.2) is 29.1 Å². The minimum absolute atomic E-state index is 0.130. The Kier molecular flexibility index (Phi) is 6.14. The molecule has 0 aliphatic heterocycles. The molecule has 21 heavy (non-hydrogen) atoms. The molecule has 0 saturated carbocycles. The zero-order valence-corrected chi connectivity index (χ0v) is 12.3. The van der Waals surface area contributed by atoms with Crippen molar-refractivity contribution in [3.05, 3.63) is 30.1 Å². The second-order valence-corrected chi connectivity index (χ2v) is 5.25. The number of amides is 1. The predicted molar refractivity (Wildman–Crippen MR) is 75.5 cm³/mol. The largest absolute Gasteiger partial charge is 0.481 e. The van der Waals surface area contributed by atoms with Gasteiger partial charge in [0.2, 0.25) is 0 Å². The van der Waals surface area contributed by atoms with Crippen LogP contribution in [0.5, 0.6) is 5.75 Å². The van der Waals surface area contributed by atoms with E-state index in [9.17, 15) is 14.0 Å². The van der Waals surface area contributed by atoms with E-state index in [4.69, 9.17) is 9.84 Å². The highest BCUT2D eigenvalue weighted by Gasteiger charge is 2.24. The van der Waals surface area contributed by atoms with Gasteiger partial charge in [0.15, 0.2) is 6.10 Å². The highest BCUT2D eigenvalue weighted by molar-refractivity contribution is 5.86. The lowest BCUT2D eigenvalue weighted by atomic mass is 10.0. The summed E-state index contributed by atoms with van der Waals surface area (Å²) in [7, 11) is 0. The molecular weight excluding hydrogens is 277 g/mol. The van der Waals surface area contributed by atoms with Crippen molar-refractivity contribution in [3.63, 3.8) is 0 Å². The van der Waals surface area contributed by atoms with Gasteiger partial charge in [0.25, 0.3) is 5.91 Å². The second-order valence-electron chi connectivity index (χ2n) is 5.25. The van der Waals surface area contributed by atoms with E-state index < -0.39 is 29.8 Å². The van der Waals surface area contributed by atoms with Crippen molar-refractivity contribution >= 4 is 11.9 Å². The number of halogens is 1. The van der Waals surface area contributed by atoms with E-state index in [1.54, 1.807) is 0 Å². The minimum Gasteiger partial charge on any atom is -0.481 e. The first-order valence-electron chi connectivity index (χ1n) is 6.75. The summed E-state index contributed by atoms with van der Waals surface area (Å²) in [5, 5.41) is 11.5. The van der Waals surface area contributed by atoms with Crippen molar-refractivity contribution in [2.45, 2.75) is 39.3 Å². The van der Waals surface area contributed by atoms with Gasteiger partial charge in [0.05, 0.1) is 0 Å². The smallest absolute Gasteiger partial charge is 0.326 e. The number of hydrogen-bond acceptors (Lipinski definition) is 3. The van der Waals surface area contributed by atoms with E-state index in [1.165, 1.54) is 25.1 Å². The van der Waals surface area contributed by atoms with Gasteiger partial charge < -0.3 is 15.2 Å². The van der Waals surface area contributed by atoms with Crippen LogP contribution in [-0.2, 0) is 9.59 Å². The molecule has 1 aromatic rings. The molecule has 5 nitrogen and oxygen atoms in total. The van der Waals surface area contributed by atoms with Gasteiger partial charge in [-0.3, -0.25) is 4.79 Å². The second kappa shape index (κ2) is 7.61. The van der Waals surface area contributed by atoms with E-state index in [0.29, 0.717) is 6.42 Å². The highest BCUT2D eigenvalue weighted by Crippen LogP contribution is 2.14. The Bertz CT molecular complexity index is 504. The van der Waals surface area contributed by atoms with Crippen LogP contribution in [0.1, 0.15) is 27.2 Å². The number of carboxylic acids is 1. The van der Waals surface area contributed by atoms with E-state index in [2.05, 4.69) is 5.32 Å². The number of carboxylic acid groups (broad SMARTS) is 1. The van der Waals surface area contributed by atoms with E-state index in [1.807, 2.05) is 13.8 Å². The van der Waals surface area contributed by atoms with Crippen LogP contribution in [0.4, 0.5) is 4.39 Å². The summed E-state index contributed by atoms with van der Waals surface area (Å²) >= 11 is 0. The monoisotopic (exact) mass is 297 g/mol. The van der Waals surface area contributed by atoms with Crippen molar-refractivity contribution in [2.75, 3.05) is 0 Å². The van der Waals surface area contributed by atoms with Crippen LogP contribution in [0.15, 0.2) is 24.3 Å². The third kappa shape index (κ3) is 5.81. The number of benzene rings is 1. The molecular formula is C15H20FNO4. The first kappa shape index (κ1) is 16.9. The van der Waals surface area contributed by atoms with Crippen molar-refractivity contribution in [1.29, 1.82) is 0 Å². The van der Waals surface area contributed by atoms with Crippen molar-refractivity contribution < 1.29 is 23.8 Å². The average Bonchev–Trinajstić information content (AvgIpc) is 2.37. The van der Waals surface area contributed by atoms with Crippen LogP contribution in [0.25, 0.3) is 0 Å². The van der Waals surface area contributed by atoms with Crippen LogP contribution in [0.2, 0.25) is 0 Å². The summed E-state index contributed by atoms with van der Waals surface area (Å²) in [5.74, 6) is -1.76. The molecule has 2 atom stereocenters. The van der Waals surface area contributed by atoms with Gasteiger partial charge in [-0.05, 0) is 31.4 Å². The topological polar surface area (TPSA) is 75.6 Å². The fraction of sp³-hybridized carbons (Fsp3) is 0.467. The standard InChI is InChI=1S/C15H20FNO4/c1-9(2)7-13(15(19)20)17-14(18)10(3)21-12-6-4-5-11(16)8-12/h4-6,8-10,13H,7H2,1-3H3,(H,17,18)(H,19,20)/t10?,13-/m0/s1. The van der Waals surface area contributed by atoms with Crippen molar-refractivity contribution in [1.82, 2.24) is 5.32 Å². The highest BCUT2D eigenvalue weighted by atomic mass is 19.1. The molecule has 0 spiro atoms. The zero-order valence-electron chi connectivity index (χ0n) is 12.3. The SMILES string of the molecule is CC(C)C[C@H](NC(=O)C(C)Oc1cccc(F)c1)C(=O)O. The molecule has 0 radical (unpaired) electrons. The number of ether oxygens (including phenoxy) is 1. The van der Waals surface area contributed by atoms with Gasteiger partial charge in [0, 0.05) is 6.07 Å². The summed E-state index contributed by atoms with van der Waals surface area (Å²) in [5.41, 5.74) is 0. The van der Waals surface area contributed by atoms with Gasteiger partial charge in [-0.2, -0.15) is 0 Å². The summed E-state index contributed by atoms with van der Waals surface area (Å²) in [4.78, 5) is 23.0. The van der Waals surface area contributed by atoms with Crippen LogP contribution >= 0.6 is 0 Å². The van der Waals surface area contributed by atoms with Gasteiger partial charge in [-0.25, -0.2) is 9.18 Å². The molecule has 116 valence electrons. The molecule has 1 aromatic carbocycles. The van der Waals surface area contributed by atoms with Gasteiger partial charge in [-0.15, -0.1) is 0 Å². The third-order valence-corrected chi connectivity index (χ3v) is 2.80. The lowest BCUT2D eigenvalue weighted by Gasteiger charge is -2.20. The molecule has 0 fully saturated rings. The van der Waals surface area contributed by atoms with Crippen LogP contribution in [0, 0.1) is 11.7 Å². The fourth-order valence-electron chi connectivity index (χ4n) is 1.78. The Hall–Kier alpha value is -2.11. The molecule has 6 heteroatoms. The first-order valence-corrected chi connectivity index (χ1v) is 6.75. The van der Waals surface area contributed by atoms with Gasteiger partial charge >= 0.3 is 5.97 Å². The molecule has 1 amide bonds. The van der Waals surface area contributed by atoms with Crippen LogP contribution < -0.4 is 10.1 Å². The molecule has 1 unspecified atom stereocenters. The summed E-state index contributed by atoms with van der Waals surface area (Å²) < 4.78 is 18.3. The molecule has 0 heterocycles. The number of carbonyl (C=O) groups is 2. The summed E-state index contributed by atoms with van der Waals surface area (Å²) in [6, 6.07) is 4.45. The Morgan fingerprint density at radius 1 is 1.33 bits per heavy atom. The Morgan fingerprint density at radius 2 is 2.00 bits per heavy atom. The first-order chi connectivity index (χ1) is 9.79. The summed E-state index contributed by atoms with van der Waals surface area (Å²) in [6.07, 6.45) is -0.589. The number of carbonyl (C=O) groups excluding carboxylic acids is 1. The van der Waals surface area contributed by atoms with E-state index in [-0.39, 0.29) is 11.7 Å². The molecule has 0 aliphatic carbocycles. The maximum absolute atomic E-state index is 13.0. The molecule has 1 rings (SSSR count). The normalized spacial score (nSPS) is 13.6. The zero-order chi connectivity index (χ0) is 16.0. The number of rotatable bonds is 7. The van der Waals surface area contributed by atoms with Gasteiger partial charge in [0.1, 0.15) is 17.6 Å². The molecule has 0 bridgehead atoms.